The number of amides is 2. The van der Waals surface area contributed by atoms with Crippen LogP contribution in [0.25, 0.3) is 0 Å². The van der Waals surface area contributed by atoms with Crippen molar-refractivity contribution in [2.75, 3.05) is 10.6 Å². The molecule has 2 aromatic carbocycles. The van der Waals surface area contributed by atoms with E-state index in [4.69, 9.17) is 45.9 Å². The molecule has 0 aliphatic carbocycles. The summed E-state index contributed by atoms with van der Waals surface area (Å²) in [6.07, 6.45) is -0.552. The van der Waals surface area contributed by atoms with Crippen molar-refractivity contribution in [3.05, 3.63) is 58.7 Å². The summed E-state index contributed by atoms with van der Waals surface area (Å²) in [5.74, 6) is -2.22. The third kappa shape index (κ3) is 12.7. The molecule has 0 saturated carbocycles. The highest BCUT2D eigenvalue weighted by Crippen LogP contribution is 2.20. The summed E-state index contributed by atoms with van der Waals surface area (Å²) >= 11 is 0. The maximum absolute atomic E-state index is 13.0. The quantitative estimate of drug-likeness (QED) is 0.0558. The lowest BCUT2D eigenvalue weighted by atomic mass is 10.0. The number of carbonyl (C=O) groups excluding carboxylic acids is 2. The molecule has 0 bridgehead atoms. The van der Waals surface area contributed by atoms with E-state index in [1.54, 1.807) is 64.1 Å². The molecule has 20 nitrogen and oxygen atoms in total. The van der Waals surface area contributed by atoms with E-state index >= 15 is 0 Å². The summed E-state index contributed by atoms with van der Waals surface area (Å²) < 4.78 is 0. The molecule has 2 aromatic rings. The van der Waals surface area contributed by atoms with Crippen LogP contribution in [0.4, 0.5) is 11.4 Å². The Bertz CT molecular complexity index is 1520. The Morgan fingerprint density at radius 2 is 0.681 bits per heavy atom. The summed E-state index contributed by atoms with van der Waals surface area (Å²) in [7, 11) is 0. The van der Waals surface area contributed by atoms with E-state index in [1.165, 1.54) is 0 Å². The van der Waals surface area contributed by atoms with E-state index in [1.807, 2.05) is 0 Å². The summed E-state index contributed by atoms with van der Waals surface area (Å²) in [5.41, 5.74) is 47.5. The molecule has 0 unspecified atom stereocenters. The van der Waals surface area contributed by atoms with E-state index < -0.39 is 18.2 Å². The zero-order chi connectivity index (χ0) is 35.3. The van der Waals surface area contributed by atoms with Crippen molar-refractivity contribution in [3.8, 4) is 0 Å². The second-order valence-corrected chi connectivity index (χ2v) is 9.71. The van der Waals surface area contributed by atoms with Crippen LogP contribution in [0.15, 0.2) is 77.2 Å². The molecule has 47 heavy (non-hydrogen) atoms. The van der Waals surface area contributed by atoms with Gasteiger partial charge in [-0.15, -0.1) is 20.4 Å². The van der Waals surface area contributed by atoms with E-state index in [-0.39, 0.29) is 23.8 Å². The first-order valence-corrected chi connectivity index (χ1v) is 13.5. The van der Waals surface area contributed by atoms with Crippen molar-refractivity contribution in [2.45, 2.75) is 34.1 Å². The largest absolute Gasteiger partial charge is 0.369 e. The van der Waals surface area contributed by atoms with E-state index in [9.17, 15) is 9.59 Å². The van der Waals surface area contributed by atoms with Crippen LogP contribution in [0, 0.1) is 0 Å². The Balaban J connectivity index is 2.40. The maximum atomic E-state index is 13.0. The Hall–Kier alpha value is -6.86. The molecule has 248 valence electrons. The average Bonchev–Trinajstić information content (AvgIpc) is 2.99. The number of anilines is 2. The van der Waals surface area contributed by atoms with E-state index in [0.717, 1.165) is 0 Å². The van der Waals surface area contributed by atoms with Gasteiger partial charge < -0.3 is 56.5 Å². The Morgan fingerprint density at radius 1 is 0.447 bits per heavy atom. The van der Waals surface area contributed by atoms with Crippen molar-refractivity contribution in [3.63, 3.8) is 0 Å². The van der Waals surface area contributed by atoms with Gasteiger partial charge in [-0.3, -0.25) is 9.59 Å². The average molecular weight is 647 g/mol. The second-order valence-electron chi connectivity index (χ2n) is 9.71. The van der Waals surface area contributed by atoms with Crippen molar-refractivity contribution >= 4 is 69.9 Å². The van der Waals surface area contributed by atoms with Crippen LogP contribution < -0.4 is 56.5 Å². The van der Waals surface area contributed by atoms with Gasteiger partial charge in [-0.05, 0) is 64.1 Å². The van der Waals surface area contributed by atoms with Gasteiger partial charge in [0.2, 0.25) is 35.7 Å². The highest BCUT2D eigenvalue weighted by atomic mass is 16.2. The van der Waals surface area contributed by atoms with Gasteiger partial charge in [-0.2, -0.15) is 20.4 Å². The summed E-state index contributed by atoms with van der Waals surface area (Å²) in [5, 5.41) is 35.9. The van der Waals surface area contributed by atoms with E-state index in [0.29, 0.717) is 56.5 Å². The molecular formula is C27H38N18O2. The standard InChI is InChI=1S/C27H38N18O2/c1-12(38-42-24(28)29)16-5-17(13(2)39-43-25(30)31)8-20(7-16)36-22(46)11-23(47)37-21-9-18(14(3)40-44-26(32)33)6-19(10-21)15(4)41-45-27(34)35/h5-10H,11H2,1-4H3,(H,36,46)(H,37,47)(H4,28,29,42)(H4,30,31,43)(H4,32,33,44)(H4,34,35,45)/b38-12-,39-13+,40-14+,41-15+. The van der Waals surface area contributed by atoms with Gasteiger partial charge in [0, 0.05) is 33.6 Å². The first-order valence-electron chi connectivity index (χ1n) is 13.5. The molecule has 0 saturated heterocycles. The highest BCUT2D eigenvalue weighted by Gasteiger charge is 2.15. The van der Waals surface area contributed by atoms with Gasteiger partial charge in [0.05, 0.1) is 22.8 Å². The third-order valence-corrected chi connectivity index (χ3v) is 5.69. The lowest BCUT2D eigenvalue weighted by molar-refractivity contribution is -0.123. The molecule has 0 atom stereocenters. The SMILES string of the molecule is C/C(=N/N=C(N)N)c1cc(NC(=O)CC(=O)Nc2cc(/C(C)=N/N=C(N)N)cc(/C(C)=N/N=C(N)N)c2)cc(/C(C)=N/N=C(N)N)c1. The lowest BCUT2D eigenvalue weighted by Gasteiger charge is -2.12. The minimum Gasteiger partial charge on any atom is -0.369 e. The zero-order valence-corrected chi connectivity index (χ0v) is 26.2. The van der Waals surface area contributed by atoms with Crippen molar-refractivity contribution in [2.24, 2.45) is 86.7 Å². The van der Waals surface area contributed by atoms with Gasteiger partial charge in [-0.1, -0.05) is 0 Å². The van der Waals surface area contributed by atoms with Crippen molar-refractivity contribution in [1.82, 2.24) is 0 Å². The molecule has 0 heterocycles. The van der Waals surface area contributed by atoms with Crippen LogP contribution in [-0.2, 0) is 9.59 Å². The Kier molecular flexibility index (Phi) is 13.0. The number of nitrogens with zero attached hydrogens (tertiary/aromatic N) is 8. The van der Waals surface area contributed by atoms with Crippen molar-refractivity contribution in [1.29, 1.82) is 0 Å². The fourth-order valence-corrected chi connectivity index (χ4v) is 3.55. The van der Waals surface area contributed by atoms with Crippen LogP contribution in [0.3, 0.4) is 0 Å². The number of guanidine groups is 4. The van der Waals surface area contributed by atoms with Gasteiger partial charge in [0.1, 0.15) is 6.42 Å². The first-order chi connectivity index (χ1) is 22.0. The topological polar surface area (TPSA) is 365 Å². The number of hydrogen-bond acceptors (Lipinski definition) is 10. The van der Waals surface area contributed by atoms with Crippen molar-refractivity contribution < 1.29 is 9.59 Å². The van der Waals surface area contributed by atoms with Crippen LogP contribution >= 0.6 is 0 Å². The summed E-state index contributed by atoms with van der Waals surface area (Å²) in [6, 6.07) is 9.88. The number of rotatable bonds is 12. The fraction of sp³-hybridized carbons (Fsp3) is 0.185. The Morgan fingerprint density at radius 3 is 0.894 bits per heavy atom. The first kappa shape index (κ1) is 36.3. The molecule has 2 amide bonds. The number of benzene rings is 2. The van der Waals surface area contributed by atoms with Gasteiger partial charge >= 0.3 is 0 Å². The number of carbonyl (C=O) groups is 2. The predicted molar refractivity (Wildman–Crippen MR) is 187 cm³/mol. The van der Waals surface area contributed by atoms with Gasteiger partial charge in [0.25, 0.3) is 0 Å². The van der Waals surface area contributed by atoms with Crippen LogP contribution in [0.5, 0.6) is 0 Å². The molecule has 0 aromatic heterocycles. The number of nitrogens with one attached hydrogen (secondary N) is 2. The summed E-state index contributed by atoms with van der Waals surface area (Å²) in [6.45, 7) is 6.62. The van der Waals surface area contributed by atoms with Crippen LogP contribution in [0.2, 0.25) is 0 Å². The molecular weight excluding hydrogens is 608 g/mol. The van der Waals surface area contributed by atoms with Crippen LogP contribution in [0.1, 0.15) is 56.4 Å². The van der Waals surface area contributed by atoms with Gasteiger partial charge in [-0.25, -0.2) is 0 Å². The van der Waals surface area contributed by atoms with Crippen LogP contribution in [-0.4, -0.2) is 58.5 Å². The van der Waals surface area contributed by atoms with Gasteiger partial charge in [0.15, 0.2) is 0 Å². The van der Waals surface area contributed by atoms with E-state index in [2.05, 4.69) is 51.4 Å². The maximum Gasteiger partial charge on any atom is 0.233 e. The molecule has 18 N–H and O–H groups in total. The second kappa shape index (κ2) is 16.8. The molecule has 2 rings (SSSR count). The lowest BCUT2D eigenvalue weighted by Crippen LogP contribution is -2.22. The molecule has 0 fully saturated rings. The minimum absolute atomic E-state index is 0.240. The molecule has 0 aliphatic rings. The number of hydrogen-bond donors (Lipinski definition) is 10. The fourth-order valence-electron chi connectivity index (χ4n) is 3.55. The third-order valence-electron chi connectivity index (χ3n) is 5.69. The zero-order valence-electron chi connectivity index (χ0n) is 26.2. The molecule has 0 radical (unpaired) electrons. The Labute approximate surface area is 269 Å². The monoisotopic (exact) mass is 646 g/mol. The molecule has 0 spiro atoms. The summed E-state index contributed by atoms with van der Waals surface area (Å²) in [4.78, 5) is 26.0. The smallest absolute Gasteiger partial charge is 0.233 e. The highest BCUT2D eigenvalue weighted by molar-refractivity contribution is 6.11. The number of nitrogens with two attached hydrogens (primary N) is 8. The molecule has 20 heteroatoms. The minimum atomic E-state index is -0.629. The normalized spacial score (nSPS) is 12.0. The molecule has 0 aliphatic heterocycles. The predicted octanol–water partition coefficient (Wildman–Crippen LogP) is -1.36.